The van der Waals surface area contributed by atoms with Gasteiger partial charge >= 0.3 is 5.97 Å². The summed E-state index contributed by atoms with van der Waals surface area (Å²) in [5.74, 6) is 0.509. The van der Waals surface area contributed by atoms with Crippen LogP contribution in [-0.4, -0.2) is 32.1 Å². The van der Waals surface area contributed by atoms with Gasteiger partial charge in [0.2, 0.25) is 0 Å². The lowest BCUT2D eigenvalue weighted by atomic mass is 10.1. The molecule has 5 nitrogen and oxygen atoms in total. The Morgan fingerprint density at radius 3 is 3.17 bits per heavy atom. The molecule has 1 aliphatic rings. The van der Waals surface area contributed by atoms with E-state index in [1.54, 1.807) is 6.07 Å². The summed E-state index contributed by atoms with van der Waals surface area (Å²) in [7, 11) is 1.38. The van der Waals surface area contributed by atoms with E-state index in [4.69, 9.17) is 4.74 Å². The van der Waals surface area contributed by atoms with Crippen LogP contribution in [0.4, 0.5) is 0 Å². The maximum atomic E-state index is 11.4. The number of carbonyl (C=O) groups is 1. The first kappa shape index (κ1) is 12.4. The van der Waals surface area contributed by atoms with Crippen molar-refractivity contribution in [3.05, 3.63) is 35.4 Å². The minimum atomic E-state index is -0.315. The molecule has 18 heavy (non-hydrogen) atoms. The Kier molecular flexibility index (Phi) is 4.17. The smallest absolute Gasteiger partial charge is 0.337 e. The van der Waals surface area contributed by atoms with Gasteiger partial charge in [-0.3, -0.25) is 4.99 Å². The van der Waals surface area contributed by atoms with Gasteiger partial charge in [-0.1, -0.05) is 12.1 Å². The monoisotopic (exact) mass is 247 g/mol. The SMILES string of the molecule is COC(=O)c1cccc(CNC2=NCCCN2)c1. The van der Waals surface area contributed by atoms with Gasteiger partial charge in [0.25, 0.3) is 0 Å². The summed E-state index contributed by atoms with van der Waals surface area (Å²) >= 11 is 0. The van der Waals surface area contributed by atoms with Crippen molar-refractivity contribution >= 4 is 11.9 Å². The number of ether oxygens (including phenoxy) is 1. The van der Waals surface area contributed by atoms with Gasteiger partial charge in [-0.25, -0.2) is 4.79 Å². The summed E-state index contributed by atoms with van der Waals surface area (Å²) in [5, 5.41) is 6.39. The minimum Gasteiger partial charge on any atom is -0.465 e. The molecule has 0 fully saturated rings. The number of methoxy groups -OCH3 is 1. The first-order valence-electron chi connectivity index (χ1n) is 5.99. The highest BCUT2D eigenvalue weighted by atomic mass is 16.5. The molecule has 1 aromatic carbocycles. The molecule has 2 rings (SSSR count). The van der Waals surface area contributed by atoms with E-state index in [1.807, 2.05) is 18.2 Å². The van der Waals surface area contributed by atoms with Crippen LogP contribution >= 0.6 is 0 Å². The maximum absolute atomic E-state index is 11.4. The maximum Gasteiger partial charge on any atom is 0.337 e. The second-order valence-electron chi connectivity index (χ2n) is 4.06. The van der Waals surface area contributed by atoms with Crippen molar-refractivity contribution in [1.29, 1.82) is 0 Å². The van der Waals surface area contributed by atoms with Crippen molar-refractivity contribution in [2.24, 2.45) is 4.99 Å². The predicted molar refractivity (Wildman–Crippen MR) is 69.5 cm³/mol. The largest absolute Gasteiger partial charge is 0.465 e. The number of hydrogen-bond acceptors (Lipinski definition) is 5. The van der Waals surface area contributed by atoms with Crippen LogP contribution < -0.4 is 10.6 Å². The molecule has 0 saturated carbocycles. The third-order valence-electron chi connectivity index (χ3n) is 2.71. The second kappa shape index (κ2) is 6.05. The fourth-order valence-corrected chi connectivity index (χ4v) is 1.76. The van der Waals surface area contributed by atoms with Gasteiger partial charge in [0.15, 0.2) is 5.96 Å². The van der Waals surface area contributed by atoms with Crippen molar-refractivity contribution < 1.29 is 9.53 Å². The van der Waals surface area contributed by atoms with Crippen molar-refractivity contribution in [2.75, 3.05) is 20.2 Å². The zero-order valence-electron chi connectivity index (χ0n) is 10.4. The molecule has 5 heteroatoms. The van der Waals surface area contributed by atoms with E-state index in [9.17, 15) is 4.79 Å². The third kappa shape index (κ3) is 3.23. The molecule has 0 spiro atoms. The first-order valence-corrected chi connectivity index (χ1v) is 5.99. The van der Waals surface area contributed by atoms with Crippen LogP contribution in [0.5, 0.6) is 0 Å². The van der Waals surface area contributed by atoms with E-state index < -0.39 is 0 Å². The third-order valence-corrected chi connectivity index (χ3v) is 2.71. The molecular formula is C13H17N3O2. The van der Waals surface area contributed by atoms with Gasteiger partial charge in [0.05, 0.1) is 12.7 Å². The molecule has 0 unspecified atom stereocenters. The van der Waals surface area contributed by atoms with Gasteiger partial charge in [-0.15, -0.1) is 0 Å². The summed E-state index contributed by atoms with van der Waals surface area (Å²) in [6.45, 7) is 2.45. The second-order valence-corrected chi connectivity index (χ2v) is 4.06. The first-order chi connectivity index (χ1) is 8.79. The van der Waals surface area contributed by atoms with Crippen molar-refractivity contribution in [3.63, 3.8) is 0 Å². The lowest BCUT2D eigenvalue weighted by molar-refractivity contribution is 0.0600. The molecule has 0 radical (unpaired) electrons. The molecule has 96 valence electrons. The molecule has 0 bridgehead atoms. The average molecular weight is 247 g/mol. The summed E-state index contributed by atoms with van der Waals surface area (Å²) in [6, 6.07) is 7.37. The highest BCUT2D eigenvalue weighted by Gasteiger charge is 2.06. The molecule has 1 heterocycles. The number of nitrogens with zero attached hydrogens (tertiary/aromatic N) is 1. The van der Waals surface area contributed by atoms with Crippen LogP contribution in [0.2, 0.25) is 0 Å². The van der Waals surface area contributed by atoms with Gasteiger partial charge < -0.3 is 15.4 Å². The quantitative estimate of drug-likeness (QED) is 0.779. The van der Waals surface area contributed by atoms with Crippen LogP contribution in [0.3, 0.4) is 0 Å². The minimum absolute atomic E-state index is 0.315. The van der Waals surface area contributed by atoms with Gasteiger partial charge in [0, 0.05) is 19.6 Å². The molecule has 0 saturated heterocycles. The highest BCUT2D eigenvalue weighted by Crippen LogP contribution is 2.06. The number of hydrogen-bond donors (Lipinski definition) is 2. The van der Waals surface area contributed by atoms with E-state index in [0.29, 0.717) is 12.1 Å². The van der Waals surface area contributed by atoms with E-state index in [0.717, 1.165) is 31.0 Å². The molecule has 0 amide bonds. The number of aliphatic imine (C=N–C) groups is 1. The van der Waals surface area contributed by atoms with E-state index >= 15 is 0 Å². The number of guanidine groups is 1. The Morgan fingerprint density at radius 1 is 1.56 bits per heavy atom. The molecule has 2 N–H and O–H groups in total. The van der Waals surface area contributed by atoms with Crippen LogP contribution in [-0.2, 0) is 11.3 Å². The number of esters is 1. The Balaban J connectivity index is 1.96. The summed E-state index contributed by atoms with van der Waals surface area (Å²) in [5.41, 5.74) is 1.59. The lowest BCUT2D eigenvalue weighted by Crippen LogP contribution is -2.40. The van der Waals surface area contributed by atoms with E-state index in [1.165, 1.54) is 7.11 Å². The fourth-order valence-electron chi connectivity index (χ4n) is 1.76. The molecular weight excluding hydrogens is 230 g/mol. The Morgan fingerprint density at radius 2 is 2.44 bits per heavy atom. The van der Waals surface area contributed by atoms with E-state index in [2.05, 4.69) is 15.6 Å². The Labute approximate surface area is 106 Å². The predicted octanol–water partition coefficient (Wildman–Crippen LogP) is 0.912. The Bertz CT molecular complexity index is 457. The normalized spacial score (nSPS) is 14.4. The summed E-state index contributed by atoms with van der Waals surface area (Å²) in [6.07, 6.45) is 1.07. The van der Waals surface area contributed by atoms with Gasteiger partial charge in [-0.05, 0) is 24.1 Å². The zero-order chi connectivity index (χ0) is 12.8. The molecule has 1 aliphatic heterocycles. The zero-order valence-corrected chi connectivity index (χ0v) is 10.4. The van der Waals surface area contributed by atoms with Crippen LogP contribution in [0.1, 0.15) is 22.3 Å². The standard InChI is InChI=1S/C13H17N3O2/c1-18-12(17)11-5-2-4-10(8-11)9-16-13-14-6-3-7-15-13/h2,4-5,8H,3,6-7,9H2,1H3,(H2,14,15,16). The molecule has 0 aliphatic carbocycles. The van der Waals surface area contributed by atoms with E-state index in [-0.39, 0.29) is 5.97 Å². The van der Waals surface area contributed by atoms with Crippen molar-refractivity contribution in [3.8, 4) is 0 Å². The molecule has 0 aromatic heterocycles. The Hall–Kier alpha value is -2.04. The van der Waals surface area contributed by atoms with Gasteiger partial charge in [-0.2, -0.15) is 0 Å². The number of rotatable bonds is 3. The van der Waals surface area contributed by atoms with Gasteiger partial charge in [0.1, 0.15) is 0 Å². The number of carbonyl (C=O) groups excluding carboxylic acids is 1. The fraction of sp³-hybridized carbons (Fsp3) is 0.385. The summed E-state index contributed by atoms with van der Waals surface area (Å²) in [4.78, 5) is 15.7. The van der Waals surface area contributed by atoms with Crippen LogP contribution in [0, 0.1) is 0 Å². The number of nitrogens with one attached hydrogen (secondary N) is 2. The average Bonchev–Trinajstić information content (AvgIpc) is 2.45. The summed E-state index contributed by atoms with van der Waals surface area (Å²) < 4.78 is 4.69. The number of benzene rings is 1. The topological polar surface area (TPSA) is 62.7 Å². The van der Waals surface area contributed by atoms with Crippen molar-refractivity contribution in [2.45, 2.75) is 13.0 Å². The highest BCUT2D eigenvalue weighted by molar-refractivity contribution is 5.89. The molecule has 1 aromatic rings. The van der Waals surface area contributed by atoms with Crippen LogP contribution in [0.15, 0.2) is 29.3 Å². The van der Waals surface area contributed by atoms with Crippen molar-refractivity contribution in [1.82, 2.24) is 10.6 Å². The lowest BCUT2D eigenvalue weighted by Gasteiger charge is -2.16. The molecule has 0 atom stereocenters. The van der Waals surface area contributed by atoms with Crippen LogP contribution in [0.25, 0.3) is 0 Å².